The molecule has 28 heavy (non-hydrogen) atoms. The van der Waals surface area contributed by atoms with Crippen molar-refractivity contribution in [3.8, 4) is 0 Å². The fourth-order valence-electron chi connectivity index (χ4n) is 3.26. The van der Waals surface area contributed by atoms with Crippen LogP contribution in [0.4, 0.5) is 26.3 Å². The van der Waals surface area contributed by atoms with Crippen LogP contribution in [-0.4, -0.2) is 31.5 Å². The molecule has 2 aromatic heterocycles. The topological polar surface area (TPSA) is 64.7 Å². The number of aromatic nitrogens is 4. The van der Waals surface area contributed by atoms with Crippen molar-refractivity contribution >= 4 is 5.91 Å². The molecule has 6 nitrogen and oxygen atoms in total. The van der Waals surface area contributed by atoms with Gasteiger partial charge in [-0.1, -0.05) is 0 Å². The van der Waals surface area contributed by atoms with Crippen molar-refractivity contribution in [1.82, 2.24) is 24.9 Å². The molecule has 0 unspecified atom stereocenters. The Hall–Kier alpha value is -2.53. The van der Waals surface area contributed by atoms with Gasteiger partial charge < -0.3 is 5.32 Å². The minimum Gasteiger partial charge on any atom is -0.350 e. The summed E-state index contributed by atoms with van der Waals surface area (Å²) in [5.41, 5.74) is -1.48. The number of alkyl halides is 6. The lowest BCUT2D eigenvalue weighted by atomic mass is 10.2. The number of halogens is 6. The van der Waals surface area contributed by atoms with Crippen LogP contribution in [0.2, 0.25) is 0 Å². The zero-order chi connectivity index (χ0) is 20.7. The zero-order valence-electron chi connectivity index (χ0n) is 14.7. The molecular formula is C16H17F6N5O. The summed E-state index contributed by atoms with van der Waals surface area (Å²) in [4.78, 5) is 12.2. The molecule has 12 heteroatoms. The summed E-state index contributed by atoms with van der Waals surface area (Å²) in [5.74, 6) is -0.582. The third-order valence-electron chi connectivity index (χ3n) is 4.37. The summed E-state index contributed by atoms with van der Waals surface area (Å²) in [7, 11) is 0. The van der Waals surface area contributed by atoms with Crippen molar-refractivity contribution in [2.75, 3.05) is 0 Å². The Morgan fingerprint density at radius 2 is 1.89 bits per heavy atom. The minimum atomic E-state index is -4.58. The molecule has 0 saturated carbocycles. The second-order valence-corrected chi connectivity index (χ2v) is 6.67. The highest BCUT2D eigenvalue weighted by atomic mass is 19.4. The van der Waals surface area contributed by atoms with Crippen LogP contribution in [0.25, 0.3) is 0 Å². The van der Waals surface area contributed by atoms with E-state index < -0.39 is 42.2 Å². The Kier molecular flexibility index (Phi) is 5.15. The van der Waals surface area contributed by atoms with Crippen LogP contribution >= 0.6 is 0 Å². The van der Waals surface area contributed by atoms with E-state index in [0.29, 0.717) is 18.5 Å². The quantitative estimate of drug-likeness (QED) is 0.773. The Balaban J connectivity index is 1.62. The highest BCUT2D eigenvalue weighted by Crippen LogP contribution is 2.36. The largest absolute Gasteiger partial charge is 0.435 e. The van der Waals surface area contributed by atoms with E-state index >= 15 is 0 Å². The second-order valence-electron chi connectivity index (χ2n) is 6.67. The second kappa shape index (κ2) is 7.13. The molecule has 1 N–H and O–H groups in total. The van der Waals surface area contributed by atoms with Crippen LogP contribution in [0.1, 0.15) is 36.0 Å². The molecule has 1 aliphatic carbocycles. The molecule has 2 aromatic rings. The summed E-state index contributed by atoms with van der Waals surface area (Å²) in [5, 5.41) is 9.48. The van der Waals surface area contributed by atoms with Crippen molar-refractivity contribution in [3.05, 3.63) is 34.9 Å². The van der Waals surface area contributed by atoms with Gasteiger partial charge >= 0.3 is 12.4 Å². The van der Waals surface area contributed by atoms with Gasteiger partial charge in [-0.15, -0.1) is 0 Å². The monoisotopic (exact) mass is 409 g/mol. The predicted octanol–water partition coefficient (Wildman–Crippen LogP) is 2.81. The standard InChI is InChI=1S/C16H17F6N5O/c1-9(7-26-6-5-12(24-26)15(17,18)19)23-13(28)8-27-11-4-2-3-10(11)14(25-27)16(20,21)22/h5-6,9H,2-4,7-8H2,1H3,(H,23,28)/t9-/m0/s1. The number of nitrogens with one attached hydrogen (secondary N) is 1. The van der Waals surface area contributed by atoms with Gasteiger partial charge in [0.25, 0.3) is 0 Å². The molecule has 3 rings (SSSR count). The van der Waals surface area contributed by atoms with Gasteiger partial charge in [0, 0.05) is 23.5 Å². The van der Waals surface area contributed by atoms with E-state index in [2.05, 4.69) is 15.5 Å². The first-order valence-corrected chi connectivity index (χ1v) is 8.51. The van der Waals surface area contributed by atoms with Crippen molar-refractivity contribution < 1.29 is 31.1 Å². The van der Waals surface area contributed by atoms with Crippen LogP contribution in [-0.2, 0) is 43.1 Å². The fourth-order valence-corrected chi connectivity index (χ4v) is 3.26. The summed E-state index contributed by atoms with van der Waals surface area (Å²) in [6.07, 6.45) is -6.76. The third-order valence-corrected chi connectivity index (χ3v) is 4.37. The van der Waals surface area contributed by atoms with Gasteiger partial charge in [-0.25, -0.2) is 0 Å². The molecule has 0 saturated heterocycles. The zero-order valence-corrected chi connectivity index (χ0v) is 14.7. The molecule has 1 atom stereocenters. The maximum Gasteiger partial charge on any atom is 0.435 e. The van der Waals surface area contributed by atoms with E-state index in [1.54, 1.807) is 6.92 Å². The Labute approximate surface area is 155 Å². The first-order valence-electron chi connectivity index (χ1n) is 8.51. The Bertz CT molecular complexity index is 866. The summed E-state index contributed by atoms with van der Waals surface area (Å²) >= 11 is 0. The molecule has 0 spiro atoms. The van der Waals surface area contributed by atoms with Crippen LogP contribution in [0, 0.1) is 0 Å². The van der Waals surface area contributed by atoms with E-state index in [1.165, 1.54) is 0 Å². The highest BCUT2D eigenvalue weighted by molar-refractivity contribution is 5.76. The van der Waals surface area contributed by atoms with E-state index in [-0.39, 0.29) is 18.5 Å². The molecule has 1 aliphatic rings. The van der Waals surface area contributed by atoms with Gasteiger partial charge in [0.15, 0.2) is 11.4 Å². The number of carbonyl (C=O) groups excluding carboxylic acids is 1. The van der Waals surface area contributed by atoms with E-state index in [0.717, 1.165) is 21.6 Å². The summed E-state index contributed by atoms with van der Waals surface area (Å²) in [6.45, 7) is 1.14. The number of hydrogen-bond acceptors (Lipinski definition) is 3. The molecule has 0 aliphatic heterocycles. The molecular weight excluding hydrogens is 392 g/mol. The van der Waals surface area contributed by atoms with Crippen LogP contribution in [0.5, 0.6) is 0 Å². The smallest absolute Gasteiger partial charge is 0.350 e. The molecule has 154 valence electrons. The molecule has 0 radical (unpaired) electrons. The van der Waals surface area contributed by atoms with E-state index in [9.17, 15) is 31.1 Å². The average molecular weight is 409 g/mol. The first-order chi connectivity index (χ1) is 12.9. The van der Waals surface area contributed by atoms with Gasteiger partial charge in [-0.3, -0.25) is 14.2 Å². The number of amides is 1. The predicted molar refractivity (Wildman–Crippen MR) is 84.1 cm³/mol. The highest BCUT2D eigenvalue weighted by Gasteiger charge is 2.40. The van der Waals surface area contributed by atoms with Crippen molar-refractivity contribution in [3.63, 3.8) is 0 Å². The Morgan fingerprint density at radius 1 is 1.18 bits per heavy atom. The lowest BCUT2D eigenvalue weighted by Crippen LogP contribution is -2.38. The third kappa shape index (κ3) is 4.30. The van der Waals surface area contributed by atoms with Crippen LogP contribution in [0.3, 0.4) is 0 Å². The molecule has 0 bridgehead atoms. The number of nitrogens with zero attached hydrogens (tertiary/aromatic N) is 4. The summed E-state index contributed by atoms with van der Waals surface area (Å²) in [6, 6.07) is 0.236. The van der Waals surface area contributed by atoms with Gasteiger partial charge in [-0.05, 0) is 32.3 Å². The number of fused-ring (bicyclic) bond motifs is 1. The van der Waals surface area contributed by atoms with Crippen LogP contribution < -0.4 is 5.32 Å². The minimum absolute atomic E-state index is 0.0210. The van der Waals surface area contributed by atoms with Crippen molar-refractivity contribution in [2.45, 2.75) is 57.7 Å². The van der Waals surface area contributed by atoms with Crippen molar-refractivity contribution in [2.24, 2.45) is 0 Å². The van der Waals surface area contributed by atoms with Gasteiger partial charge in [0.05, 0.1) is 6.54 Å². The first kappa shape index (κ1) is 20.2. The maximum absolute atomic E-state index is 13.1. The number of rotatable bonds is 5. The van der Waals surface area contributed by atoms with Gasteiger partial charge in [-0.2, -0.15) is 36.5 Å². The van der Waals surface area contributed by atoms with E-state index in [1.807, 2.05) is 0 Å². The SMILES string of the molecule is C[C@@H](Cn1ccc(C(F)(F)F)n1)NC(=O)Cn1nc(C(F)(F)F)c2c1CCC2. The summed E-state index contributed by atoms with van der Waals surface area (Å²) < 4.78 is 79.0. The maximum atomic E-state index is 13.1. The average Bonchev–Trinajstić information content (AvgIpc) is 3.22. The number of hydrogen-bond donors (Lipinski definition) is 1. The Morgan fingerprint density at radius 3 is 2.50 bits per heavy atom. The molecule has 0 fully saturated rings. The number of carbonyl (C=O) groups is 1. The van der Waals surface area contributed by atoms with Gasteiger partial charge in [0.2, 0.25) is 5.91 Å². The molecule has 2 heterocycles. The van der Waals surface area contributed by atoms with Crippen molar-refractivity contribution in [1.29, 1.82) is 0 Å². The van der Waals surface area contributed by atoms with Gasteiger partial charge in [0.1, 0.15) is 6.54 Å². The fraction of sp³-hybridized carbons (Fsp3) is 0.562. The van der Waals surface area contributed by atoms with Crippen LogP contribution in [0.15, 0.2) is 12.3 Å². The lowest BCUT2D eigenvalue weighted by molar-refractivity contribution is -0.142. The lowest BCUT2D eigenvalue weighted by Gasteiger charge is -2.15. The normalized spacial score (nSPS) is 15.5. The molecule has 1 amide bonds. The van der Waals surface area contributed by atoms with E-state index in [4.69, 9.17) is 0 Å². The molecule has 0 aromatic carbocycles.